The molecule has 0 aliphatic carbocycles. The predicted octanol–water partition coefficient (Wildman–Crippen LogP) is 1.47. The molecule has 0 bridgehead atoms. The Kier molecular flexibility index (Phi) is 5.80. The van der Waals surface area contributed by atoms with Crippen molar-refractivity contribution < 1.29 is 41.4 Å². The zero-order valence-electron chi connectivity index (χ0n) is 17.2. The molecule has 1 heterocycles. The van der Waals surface area contributed by atoms with Gasteiger partial charge in [-0.25, -0.2) is 0 Å². The molecule has 11 nitrogen and oxygen atoms in total. The van der Waals surface area contributed by atoms with Crippen LogP contribution in [0.5, 0.6) is 11.5 Å². The van der Waals surface area contributed by atoms with Crippen LogP contribution in [0.2, 0.25) is 0 Å². The Balaban J connectivity index is 2.71. The largest absolute Gasteiger partial charge is 0.488 e. The molecule has 30 heavy (non-hydrogen) atoms. The van der Waals surface area contributed by atoms with Crippen LogP contribution in [0.4, 0.5) is 5.69 Å². The highest BCUT2D eigenvalue weighted by atomic mass is 32.2. The standard InChI is InChI=1S/C18H21NO10S/c1-17(2)15(21)11(16(22)18(3,4)29-17)13(20)9-7-8-10(28-30(6,25)26)14(27-5)12(9)19(23)24/h7-8,11H,1-6H3. The van der Waals surface area contributed by atoms with E-state index in [4.69, 9.17) is 9.47 Å². The summed E-state index contributed by atoms with van der Waals surface area (Å²) < 4.78 is 38.0. The number of benzene rings is 1. The van der Waals surface area contributed by atoms with Crippen molar-refractivity contribution in [3.05, 3.63) is 27.8 Å². The van der Waals surface area contributed by atoms with Crippen LogP contribution >= 0.6 is 0 Å². The van der Waals surface area contributed by atoms with E-state index in [2.05, 4.69) is 4.18 Å². The van der Waals surface area contributed by atoms with Crippen LogP contribution in [0.15, 0.2) is 12.1 Å². The average molecular weight is 443 g/mol. The van der Waals surface area contributed by atoms with Crippen LogP contribution in [0.25, 0.3) is 0 Å². The third kappa shape index (κ3) is 4.19. The van der Waals surface area contributed by atoms with Gasteiger partial charge >= 0.3 is 15.8 Å². The maximum atomic E-state index is 13.2. The first-order valence-corrected chi connectivity index (χ1v) is 10.4. The van der Waals surface area contributed by atoms with Gasteiger partial charge in [-0.15, -0.1) is 0 Å². The van der Waals surface area contributed by atoms with Crippen molar-refractivity contribution in [3.63, 3.8) is 0 Å². The van der Waals surface area contributed by atoms with Crippen LogP contribution in [0.3, 0.4) is 0 Å². The molecular formula is C18H21NO10S. The van der Waals surface area contributed by atoms with Gasteiger partial charge in [0, 0.05) is 0 Å². The molecule has 0 saturated carbocycles. The van der Waals surface area contributed by atoms with E-state index in [-0.39, 0.29) is 0 Å². The van der Waals surface area contributed by atoms with Gasteiger partial charge in [-0.1, -0.05) is 0 Å². The normalized spacial score (nSPS) is 18.7. The summed E-state index contributed by atoms with van der Waals surface area (Å²) in [7, 11) is -3.05. The highest BCUT2D eigenvalue weighted by Gasteiger charge is 2.56. The Morgan fingerprint density at radius 3 is 2.03 bits per heavy atom. The summed E-state index contributed by atoms with van der Waals surface area (Å²) in [5.41, 5.74) is -4.50. The number of methoxy groups -OCH3 is 1. The number of hydrogen-bond acceptors (Lipinski definition) is 10. The van der Waals surface area contributed by atoms with Gasteiger partial charge in [0.25, 0.3) is 0 Å². The number of carbonyl (C=O) groups is 3. The fourth-order valence-corrected chi connectivity index (χ4v) is 3.76. The first-order chi connectivity index (χ1) is 13.5. The van der Waals surface area contributed by atoms with Gasteiger partial charge in [0.15, 0.2) is 23.1 Å². The highest BCUT2D eigenvalue weighted by molar-refractivity contribution is 7.86. The monoisotopic (exact) mass is 443 g/mol. The number of nitro groups is 1. The number of nitro benzene ring substituents is 1. The quantitative estimate of drug-likeness (QED) is 0.207. The molecule has 12 heteroatoms. The van der Waals surface area contributed by atoms with E-state index in [0.29, 0.717) is 0 Å². The lowest BCUT2D eigenvalue weighted by Gasteiger charge is -2.41. The summed E-state index contributed by atoms with van der Waals surface area (Å²) in [4.78, 5) is 49.4. The van der Waals surface area contributed by atoms with Crippen molar-refractivity contribution in [1.29, 1.82) is 0 Å². The van der Waals surface area contributed by atoms with Crippen molar-refractivity contribution in [2.24, 2.45) is 5.92 Å². The van der Waals surface area contributed by atoms with Gasteiger partial charge in [0.1, 0.15) is 22.7 Å². The van der Waals surface area contributed by atoms with Crippen molar-refractivity contribution in [2.75, 3.05) is 13.4 Å². The molecule has 1 aromatic rings. The third-order valence-electron chi connectivity index (χ3n) is 4.47. The minimum atomic E-state index is -4.07. The molecule has 0 atom stereocenters. The Morgan fingerprint density at radius 2 is 1.63 bits per heavy atom. The number of nitrogens with zero attached hydrogens (tertiary/aromatic N) is 1. The fraction of sp³-hybridized carbons (Fsp3) is 0.500. The maximum absolute atomic E-state index is 13.2. The molecule has 0 amide bonds. The van der Waals surface area contributed by atoms with E-state index < -0.39 is 72.3 Å². The summed E-state index contributed by atoms with van der Waals surface area (Å²) in [6, 6.07) is 1.89. The molecule has 0 radical (unpaired) electrons. The minimum absolute atomic E-state index is 0.520. The second-order valence-electron chi connectivity index (χ2n) is 7.69. The first kappa shape index (κ1) is 23.4. The van der Waals surface area contributed by atoms with Crippen LogP contribution in [0, 0.1) is 16.0 Å². The smallest absolute Gasteiger partial charge is 0.325 e. The van der Waals surface area contributed by atoms with E-state index in [0.717, 1.165) is 25.5 Å². The summed E-state index contributed by atoms with van der Waals surface area (Å²) in [5, 5.41) is 11.7. The fourth-order valence-electron chi connectivity index (χ4n) is 3.31. The van der Waals surface area contributed by atoms with E-state index >= 15 is 0 Å². The van der Waals surface area contributed by atoms with Crippen LogP contribution in [-0.2, 0) is 24.4 Å². The van der Waals surface area contributed by atoms with E-state index in [1.807, 2.05) is 0 Å². The van der Waals surface area contributed by atoms with Gasteiger partial charge in [0.2, 0.25) is 5.75 Å². The summed E-state index contributed by atoms with van der Waals surface area (Å²) in [5.74, 6) is -5.81. The van der Waals surface area contributed by atoms with Crippen LogP contribution < -0.4 is 8.92 Å². The topological polar surface area (TPSA) is 156 Å². The Bertz CT molecular complexity index is 1030. The number of Topliss-reactive ketones (excluding diaryl/α,β-unsaturated/α-hetero) is 3. The minimum Gasteiger partial charge on any atom is -0.488 e. The lowest BCUT2D eigenvalue weighted by molar-refractivity contribution is -0.386. The lowest BCUT2D eigenvalue weighted by atomic mass is 9.75. The molecule has 1 aliphatic rings. The molecule has 164 valence electrons. The molecule has 0 spiro atoms. The predicted molar refractivity (Wildman–Crippen MR) is 102 cm³/mol. The van der Waals surface area contributed by atoms with Gasteiger partial charge in [-0.3, -0.25) is 24.5 Å². The molecule has 1 fully saturated rings. The number of ketones is 3. The summed E-state index contributed by atoms with van der Waals surface area (Å²) >= 11 is 0. The second kappa shape index (κ2) is 7.43. The van der Waals surface area contributed by atoms with Gasteiger partial charge in [0.05, 0.1) is 18.3 Å². The molecule has 1 aromatic carbocycles. The molecule has 1 aliphatic heterocycles. The molecule has 2 rings (SSSR count). The average Bonchev–Trinajstić information content (AvgIpc) is 2.57. The maximum Gasteiger partial charge on any atom is 0.325 e. The Labute approximate surface area is 172 Å². The lowest BCUT2D eigenvalue weighted by Crippen LogP contribution is -2.60. The van der Waals surface area contributed by atoms with Crippen LogP contribution in [-0.4, -0.2) is 55.3 Å². The Morgan fingerprint density at radius 1 is 1.13 bits per heavy atom. The van der Waals surface area contributed by atoms with Gasteiger partial charge in [-0.05, 0) is 39.8 Å². The highest BCUT2D eigenvalue weighted by Crippen LogP contribution is 2.43. The third-order valence-corrected chi connectivity index (χ3v) is 4.95. The van der Waals surface area contributed by atoms with Crippen molar-refractivity contribution in [1.82, 2.24) is 0 Å². The van der Waals surface area contributed by atoms with E-state index in [9.17, 15) is 32.9 Å². The number of ether oxygens (including phenoxy) is 2. The van der Waals surface area contributed by atoms with Gasteiger partial charge < -0.3 is 13.7 Å². The van der Waals surface area contributed by atoms with E-state index in [1.165, 1.54) is 27.7 Å². The Hall–Kier alpha value is -2.86. The molecular weight excluding hydrogens is 422 g/mol. The van der Waals surface area contributed by atoms with Crippen molar-refractivity contribution in [3.8, 4) is 11.5 Å². The molecule has 0 unspecified atom stereocenters. The van der Waals surface area contributed by atoms with Crippen molar-refractivity contribution in [2.45, 2.75) is 38.9 Å². The summed E-state index contributed by atoms with van der Waals surface area (Å²) in [6.45, 7) is 5.56. The number of hydrogen-bond donors (Lipinski definition) is 0. The van der Waals surface area contributed by atoms with Gasteiger partial charge in [-0.2, -0.15) is 8.42 Å². The number of carbonyl (C=O) groups excluding carboxylic acids is 3. The molecule has 0 aromatic heterocycles. The SMILES string of the molecule is COc1c(OS(C)(=O)=O)ccc(C(=O)C2C(=O)C(C)(C)OC(C)(C)C2=O)c1[N+](=O)[O-]. The zero-order chi connectivity index (χ0) is 23.2. The summed E-state index contributed by atoms with van der Waals surface area (Å²) in [6.07, 6.45) is 0.723. The zero-order valence-corrected chi connectivity index (χ0v) is 18.0. The number of rotatable bonds is 6. The van der Waals surface area contributed by atoms with Crippen LogP contribution in [0.1, 0.15) is 38.1 Å². The molecule has 1 saturated heterocycles. The second-order valence-corrected chi connectivity index (χ2v) is 9.26. The molecule has 0 N–H and O–H groups in total. The first-order valence-electron chi connectivity index (χ1n) is 8.61. The van der Waals surface area contributed by atoms with Crippen molar-refractivity contribution >= 4 is 33.2 Å². The van der Waals surface area contributed by atoms with E-state index in [1.54, 1.807) is 0 Å².